The monoisotopic (exact) mass is 512 g/mol. The fourth-order valence-corrected chi connectivity index (χ4v) is 6.49. The molecule has 2 aromatic rings. The molecule has 2 aliphatic heterocycles. The van der Waals surface area contributed by atoms with Gasteiger partial charge in [-0.05, 0) is 49.3 Å². The second kappa shape index (κ2) is 11.2. The van der Waals surface area contributed by atoms with Crippen molar-refractivity contribution in [2.45, 2.75) is 66.2 Å². The molecule has 0 unspecified atom stereocenters. The number of piperidine rings is 1. The molecule has 2 aromatic heterocycles. The molecule has 2 saturated heterocycles. The minimum absolute atomic E-state index is 0.101. The molecule has 8 heteroatoms. The lowest BCUT2D eigenvalue weighted by Gasteiger charge is -2.36. The van der Waals surface area contributed by atoms with Crippen LogP contribution in [0.5, 0.6) is 0 Å². The van der Waals surface area contributed by atoms with E-state index in [1.54, 1.807) is 21.6 Å². The molecule has 0 aliphatic carbocycles. The number of fused-ring (bicyclic) bond motifs is 1. The summed E-state index contributed by atoms with van der Waals surface area (Å²) in [6.07, 6.45) is 10.3. The number of hydrogen-bond donors (Lipinski definition) is 0. The maximum Gasteiger partial charge on any atom is 0.267 e. The maximum absolute atomic E-state index is 13.7. The summed E-state index contributed by atoms with van der Waals surface area (Å²) in [4.78, 5) is 36.4. The van der Waals surface area contributed by atoms with Crippen molar-refractivity contribution in [1.29, 1.82) is 0 Å². The van der Waals surface area contributed by atoms with Crippen molar-refractivity contribution in [2.75, 3.05) is 24.5 Å². The average molecular weight is 513 g/mol. The van der Waals surface area contributed by atoms with Gasteiger partial charge >= 0.3 is 0 Å². The molecule has 1 amide bonds. The van der Waals surface area contributed by atoms with E-state index in [2.05, 4.69) is 25.7 Å². The van der Waals surface area contributed by atoms with Gasteiger partial charge in [-0.2, -0.15) is 0 Å². The van der Waals surface area contributed by atoms with Crippen LogP contribution in [0.3, 0.4) is 0 Å². The van der Waals surface area contributed by atoms with E-state index < -0.39 is 0 Å². The van der Waals surface area contributed by atoms with E-state index in [0.717, 1.165) is 37.9 Å². The van der Waals surface area contributed by atoms with Crippen LogP contribution in [0.15, 0.2) is 28.0 Å². The number of anilines is 1. The fraction of sp³-hybridized carbons (Fsp3) is 0.556. The Morgan fingerprint density at radius 3 is 2.57 bits per heavy atom. The Labute approximate surface area is 217 Å². The number of thiocarbonyl (C=S) groups is 1. The summed E-state index contributed by atoms with van der Waals surface area (Å²) >= 11 is 6.84. The molecule has 35 heavy (non-hydrogen) atoms. The van der Waals surface area contributed by atoms with E-state index in [9.17, 15) is 9.59 Å². The smallest absolute Gasteiger partial charge is 0.267 e. The van der Waals surface area contributed by atoms with Gasteiger partial charge in [0.1, 0.15) is 15.8 Å². The molecule has 0 saturated carbocycles. The number of aromatic nitrogens is 2. The largest absolute Gasteiger partial charge is 0.355 e. The topological polar surface area (TPSA) is 57.9 Å². The van der Waals surface area contributed by atoms with Gasteiger partial charge in [0.25, 0.3) is 11.5 Å². The van der Waals surface area contributed by atoms with Gasteiger partial charge in [-0.25, -0.2) is 4.98 Å². The molecule has 0 bridgehead atoms. The van der Waals surface area contributed by atoms with Crippen LogP contribution in [-0.2, 0) is 4.79 Å². The molecule has 0 spiro atoms. The molecule has 2 atom stereocenters. The van der Waals surface area contributed by atoms with Gasteiger partial charge < -0.3 is 4.90 Å². The normalized spacial score (nSPS) is 22.1. The van der Waals surface area contributed by atoms with Gasteiger partial charge in [0, 0.05) is 25.8 Å². The standard InChI is InChI=1S/C27H36N4O2S2/c1-5-6-7-8-9-12-31-26(33)22(35-27(31)34)15-21-24(29-16-18(2)14-19(3)17-29)28-23-20(4)11-10-13-30(23)25(21)32/h10-11,13,15,18-19H,5-9,12,14,16-17H2,1-4H3/b22-15-/t18-,19+. The van der Waals surface area contributed by atoms with Crippen molar-refractivity contribution < 1.29 is 4.79 Å². The van der Waals surface area contributed by atoms with Crippen LogP contribution in [0.1, 0.15) is 70.4 Å². The van der Waals surface area contributed by atoms with Crippen molar-refractivity contribution in [1.82, 2.24) is 14.3 Å². The Morgan fingerprint density at radius 1 is 1.14 bits per heavy atom. The lowest BCUT2D eigenvalue weighted by atomic mass is 9.91. The number of unbranched alkanes of at least 4 members (excludes halogenated alkanes) is 4. The molecule has 0 aromatic carbocycles. The third-order valence-corrected chi connectivity index (χ3v) is 8.24. The summed E-state index contributed by atoms with van der Waals surface area (Å²) in [6, 6.07) is 3.83. The highest BCUT2D eigenvalue weighted by Gasteiger charge is 2.33. The molecular weight excluding hydrogens is 476 g/mol. The van der Waals surface area contributed by atoms with Crippen molar-refractivity contribution in [2.24, 2.45) is 11.8 Å². The van der Waals surface area contributed by atoms with Gasteiger partial charge in [-0.1, -0.05) is 76.5 Å². The first-order chi connectivity index (χ1) is 16.8. The summed E-state index contributed by atoms with van der Waals surface area (Å²) < 4.78 is 2.17. The third-order valence-electron chi connectivity index (χ3n) is 6.87. The highest BCUT2D eigenvalue weighted by Crippen LogP contribution is 2.35. The number of hydrogen-bond acceptors (Lipinski definition) is 6. The van der Waals surface area contributed by atoms with Gasteiger partial charge in [-0.15, -0.1) is 0 Å². The molecule has 0 N–H and O–H groups in total. The minimum Gasteiger partial charge on any atom is -0.355 e. The second-order valence-electron chi connectivity index (χ2n) is 10.1. The van der Waals surface area contributed by atoms with E-state index in [-0.39, 0.29) is 11.5 Å². The van der Waals surface area contributed by atoms with Crippen LogP contribution in [0, 0.1) is 18.8 Å². The van der Waals surface area contributed by atoms with E-state index in [1.807, 2.05) is 19.1 Å². The summed E-state index contributed by atoms with van der Waals surface area (Å²) in [5, 5.41) is 0. The highest BCUT2D eigenvalue weighted by molar-refractivity contribution is 8.26. The van der Waals surface area contributed by atoms with E-state index >= 15 is 0 Å². The number of amides is 1. The Hall–Kier alpha value is -2.19. The lowest BCUT2D eigenvalue weighted by Crippen LogP contribution is -2.40. The number of rotatable bonds is 8. The maximum atomic E-state index is 13.7. The summed E-state index contributed by atoms with van der Waals surface area (Å²) in [5.41, 5.74) is 1.93. The highest BCUT2D eigenvalue weighted by atomic mass is 32.2. The van der Waals surface area contributed by atoms with Crippen LogP contribution in [0.2, 0.25) is 0 Å². The number of carbonyl (C=O) groups excluding carboxylic acids is 1. The number of thioether (sulfide) groups is 1. The molecule has 6 nitrogen and oxygen atoms in total. The Morgan fingerprint density at radius 2 is 1.86 bits per heavy atom. The average Bonchev–Trinajstić information content (AvgIpc) is 3.07. The fourth-order valence-electron chi connectivity index (χ4n) is 5.20. The number of aryl methyl sites for hydroxylation is 1. The van der Waals surface area contributed by atoms with Crippen molar-refractivity contribution in [3.05, 3.63) is 44.7 Å². The summed E-state index contributed by atoms with van der Waals surface area (Å²) in [7, 11) is 0. The molecule has 0 radical (unpaired) electrons. The SMILES string of the molecule is CCCCCCCN1C(=O)/C(=C/c2c(N3C[C@H](C)C[C@H](C)C3)nc3c(C)cccn3c2=O)SC1=S. The zero-order chi connectivity index (χ0) is 25.1. The molecular formula is C27H36N4O2S2. The molecule has 4 rings (SSSR count). The Balaban J connectivity index is 1.71. The van der Waals surface area contributed by atoms with Gasteiger partial charge in [0.05, 0.1) is 10.5 Å². The molecule has 2 aliphatic rings. The third kappa shape index (κ3) is 5.64. The second-order valence-corrected chi connectivity index (χ2v) is 11.8. The molecule has 188 valence electrons. The van der Waals surface area contributed by atoms with Gasteiger partial charge in [-0.3, -0.25) is 18.9 Å². The first-order valence-electron chi connectivity index (χ1n) is 12.8. The van der Waals surface area contributed by atoms with Crippen LogP contribution in [0.4, 0.5) is 5.82 Å². The van der Waals surface area contributed by atoms with Gasteiger partial charge in [0.2, 0.25) is 0 Å². The Kier molecular flexibility index (Phi) is 8.32. The van der Waals surface area contributed by atoms with Crippen LogP contribution in [0.25, 0.3) is 11.7 Å². The van der Waals surface area contributed by atoms with E-state index in [4.69, 9.17) is 17.2 Å². The van der Waals surface area contributed by atoms with Crippen LogP contribution < -0.4 is 10.5 Å². The summed E-state index contributed by atoms with van der Waals surface area (Å²) in [6.45, 7) is 11.0. The zero-order valence-electron chi connectivity index (χ0n) is 21.2. The van der Waals surface area contributed by atoms with Gasteiger partial charge in [0.15, 0.2) is 0 Å². The molecule has 4 heterocycles. The predicted molar refractivity (Wildman–Crippen MR) is 150 cm³/mol. The number of carbonyl (C=O) groups is 1. The predicted octanol–water partition coefficient (Wildman–Crippen LogP) is 5.66. The number of pyridine rings is 1. The van der Waals surface area contributed by atoms with Crippen molar-refractivity contribution >= 4 is 51.7 Å². The quantitative estimate of drug-likeness (QED) is 0.259. The number of nitrogens with zero attached hydrogens (tertiary/aromatic N) is 4. The first-order valence-corrected chi connectivity index (χ1v) is 14.0. The minimum atomic E-state index is -0.149. The molecule has 2 fully saturated rings. The van der Waals surface area contributed by atoms with Crippen LogP contribution in [-0.4, -0.2) is 44.1 Å². The zero-order valence-corrected chi connectivity index (χ0v) is 22.9. The first kappa shape index (κ1) is 25.9. The van der Waals surface area contributed by atoms with Crippen LogP contribution >= 0.6 is 24.0 Å². The van der Waals surface area contributed by atoms with E-state index in [0.29, 0.717) is 44.6 Å². The Bertz CT molecular complexity index is 1200. The lowest BCUT2D eigenvalue weighted by molar-refractivity contribution is -0.122. The summed E-state index contributed by atoms with van der Waals surface area (Å²) in [5.74, 6) is 1.59. The van der Waals surface area contributed by atoms with Crippen molar-refractivity contribution in [3.63, 3.8) is 0 Å². The van der Waals surface area contributed by atoms with Crippen molar-refractivity contribution in [3.8, 4) is 0 Å². The van der Waals surface area contributed by atoms with E-state index in [1.165, 1.54) is 31.0 Å².